The minimum atomic E-state index is -0.341. The molecule has 0 spiro atoms. The number of carbonyl (C=O) groups excluding carboxylic acids is 2. The maximum Gasteiger partial charge on any atom is 0.258 e. The lowest BCUT2D eigenvalue weighted by Crippen LogP contribution is -2.44. The summed E-state index contributed by atoms with van der Waals surface area (Å²) in [6, 6.07) is 12.7. The van der Waals surface area contributed by atoms with Crippen LogP contribution in [0.15, 0.2) is 42.5 Å². The lowest BCUT2D eigenvalue weighted by atomic mass is 9.80. The zero-order valence-electron chi connectivity index (χ0n) is 21.5. The highest BCUT2D eigenvalue weighted by Crippen LogP contribution is 2.43. The van der Waals surface area contributed by atoms with E-state index >= 15 is 0 Å². The third-order valence-electron chi connectivity index (χ3n) is 7.05. The zero-order chi connectivity index (χ0) is 26.0. The van der Waals surface area contributed by atoms with Gasteiger partial charge < -0.3 is 10.6 Å². The molecule has 0 heterocycles. The van der Waals surface area contributed by atoms with Crippen molar-refractivity contribution in [2.45, 2.75) is 77.7 Å². The van der Waals surface area contributed by atoms with E-state index in [0.29, 0.717) is 15.7 Å². The number of halogens is 2. The van der Waals surface area contributed by atoms with Gasteiger partial charge in [0.1, 0.15) is 0 Å². The summed E-state index contributed by atoms with van der Waals surface area (Å²) in [5.74, 6) is -0.101. The Bertz CT molecular complexity index is 987. The molecule has 3 rings (SSSR count). The Labute approximate surface area is 228 Å². The number of unbranched alkanes of at least 4 members (excludes halogenated alkanes) is 1. The Kier molecular flexibility index (Phi) is 11.5. The van der Waals surface area contributed by atoms with Gasteiger partial charge in [-0.05, 0) is 81.2 Å². The predicted molar refractivity (Wildman–Crippen MR) is 155 cm³/mol. The molecule has 1 fully saturated rings. The molecule has 1 aliphatic carbocycles. The number of hydrogen-bond donors (Lipinski definition) is 2. The van der Waals surface area contributed by atoms with Gasteiger partial charge in [0.05, 0.1) is 15.6 Å². The molecule has 2 aromatic carbocycles. The minimum absolute atomic E-state index is 0.0448. The van der Waals surface area contributed by atoms with Gasteiger partial charge in [-0.3, -0.25) is 9.59 Å². The van der Waals surface area contributed by atoms with Crippen LogP contribution in [0.3, 0.4) is 0 Å². The van der Waals surface area contributed by atoms with Crippen LogP contribution in [-0.2, 0) is 11.2 Å². The highest BCUT2D eigenvalue weighted by molar-refractivity contribution is 7.37. The third-order valence-corrected chi connectivity index (χ3v) is 9.24. The molecular formula is C29H39Cl2N2O2P. The molecule has 0 saturated heterocycles. The summed E-state index contributed by atoms with van der Waals surface area (Å²) in [5, 5.41) is 6.81. The number of nitrogens with one attached hydrogen (secondary N) is 2. The van der Waals surface area contributed by atoms with E-state index in [1.807, 2.05) is 24.3 Å². The van der Waals surface area contributed by atoms with Crippen molar-refractivity contribution in [1.82, 2.24) is 5.32 Å². The molecule has 0 radical (unpaired) electrons. The van der Waals surface area contributed by atoms with Crippen LogP contribution in [-0.4, -0.2) is 30.2 Å². The molecule has 2 amide bonds. The second-order valence-corrected chi connectivity index (χ2v) is 12.3. The van der Waals surface area contributed by atoms with Crippen LogP contribution in [0, 0.1) is 5.41 Å². The van der Waals surface area contributed by atoms with Crippen LogP contribution in [0.2, 0.25) is 10.0 Å². The molecule has 2 N–H and O–H groups in total. The zero-order valence-corrected chi connectivity index (χ0v) is 24.0. The highest BCUT2D eigenvalue weighted by atomic mass is 35.5. The first kappa shape index (κ1) is 29.0. The molecule has 2 atom stereocenters. The summed E-state index contributed by atoms with van der Waals surface area (Å²) in [6.07, 6.45) is 12.4. The smallest absolute Gasteiger partial charge is 0.258 e. The van der Waals surface area contributed by atoms with E-state index in [1.54, 1.807) is 18.2 Å². The molecule has 0 aromatic heterocycles. The SMILES string of the molecule is CCCPCCCCC1(C(=O)NC(C)Cc2ccc(NC(=O)c3c(Cl)cccc3Cl)cc2)CCCC1. The summed E-state index contributed by atoms with van der Waals surface area (Å²) in [4.78, 5) is 25.9. The first-order valence-corrected chi connectivity index (χ1v) is 15.4. The van der Waals surface area contributed by atoms with Crippen LogP contribution < -0.4 is 10.6 Å². The number of carbonyl (C=O) groups is 2. The van der Waals surface area contributed by atoms with Gasteiger partial charge in [-0.1, -0.05) is 74.0 Å². The van der Waals surface area contributed by atoms with E-state index in [-0.39, 0.29) is 28.8 Å². The van der Waals surface area contributed by atoms with Crippen molar-refractivity contribution in [2.75, 3.05) is 17.6 Å². The largest absolute Gasteiger partial charge is 0.353 e. The average molecular weight is 550 g/mol. The first-order valence-electron chi connectivity index (χ1n) is 13.2. The summed E-state index contributed by atoms with van der Waals surface area (Å²) in [7, 11) is 1.07. The summed E-state index contributed by atoms with van der Waals surface area (Å²) in [5.41, 5.74) is 1.87. The van der Waals surface area contributed by atoms with E-state index in [2.05, 4.69) is 24.5 Å². The third kappa shape index (κ3) is 8.20. The second kappa shape index (κ2) is 14.4. The fraction of sp³-hybridized carbons (Fsp3) is 0.517. The van der Waals surface area contributed by atoms with Gasteiger partial charge in [-0.2, -0.15) is 0 Å². The van der Waals surface area contributed by atoms with Crippen LogP contribution in [0.5, 0.6) is 0 Å². The highest BCUT2D eigenvalue weighted by Gasteiger charge is 2.40. The van der Waals surface area contributed by atoms with Crippen molar-refractivity contribution in [2.24, 2.45) is 5.41 Å². The standard InChI is InChI=1S/C29H39Cl2N2O2P/c1-3-18-36-19-7-6-17-29(15-4-5-16-29)28(35)32-21(2)20-22-11-13-23(14-12-22)33-27(34)26-24(30)9-8-10-25(26)31/h8-14,21,36H,3-7,15-20H2,1-2H3,(H,32,35)(H,33,34). The molecule has 196 valence electrons. The van der Waals surface area contributed by atoms with Gasteiger partial charge in [0.25, 0.3) is 5.91 Å². The van der Waals surface area contributed by atoms with Gasteiger partial charge in [0.15, 0.2) is 0 Å². The molecule has 0 aliphatic heterocycles. The van der Waals surface area contributed by atoms with Crippen molar-refractivity contribution in [1.29, 1.82) is 0 Å². The Balaban J connectivity index is 1.50. The molecule has 4 nitrogen and oxygen atoms in total. The maximum atomic E-state index is 13.3. The van der Waals surface area contributed by atoms with Gasteiger partial charge in [0, 0.05) is 17.1 Å². The first-order chi connectivity index (χ1) is 17.3. The number of rotatable bonds is 13. The van der Waals surface area contributed by atoms with Crippen molar-refractivity contribution >= 4 is 49.3 Å². The van der Waals surface area contributed by atoms with Crippen LogP contribution in [0.1, 0.15) is 81.1 Å². The van der Waals surface area contributed by atoms with Crippen LogP contribution in [0.4, 0.5) is 5.69 Å². The molecule has 36 heavy (non-hydrogen) atoms. The van der Waals surface area contributed by atoms with E-state index in [4.69, 9.17) is 23.2 Å². The fourth-order valence-electron chi connectivity index (χ4n) is 5.07. The minimum Gasteiger partial charge on any atom is -0.353 e. The summed E-state index contributed by atoms with van der Waals surface area (Å²) in [6.45, 7) is 4.32. The predicted octanol–water partition coefficient (Wildman–Crippen LogP) is 8.11. The van der Waals surface area contributed by atoms with Crippen molar-refractivity contribution in [3.8, 4) is 0 Å². The Morgan fingerprint density at radius 2 is 1.67 bits per heavy atom. The molecule has 1 aliphatic rings. The molecule has 2 unspecified atom stereocenters. The number of benzene rings is 2. The van der Waals surface area contributed by atoms with Gasteiger partial charge >= 0.3 is 0 Å². The van der Waals surface area contributed by atoms with Crippen LogP contribution >= 0.6 is 31.8 Å². The Morgan fingerprint density at radius 3 is 2.31 bits per heavy atom. The van der Waals surface area contributed by atoms with E-state index in [1.165, 1.54) is 25.2 Å². The average Bonchev–Trinajstić information content (AvgIpc) is 3.33. The molecular weight excluding hydrogens is 510 g/mol. The summed E-state index contributed by atoms with van der Waals surface area (Å²) < 4.78 is 0. The number of amides is 2. The quantitative estimate of drug-likeness (QED) is 0.196. The van der Waals surface area contributed by atoms with Crippen LogP contribution in [0.25, 0.3) is 0 Å². The van der Waals surface area contributed by atoms with Gasteiger partial charge in [-0.25, -0.2) is 0 Å². The normalized spacial score (nSPS) is 15.8. The second-order valence-electron chi connectivity index (χ2n) is 10.0. The molecule has 7 heteroatoms. The van der Waals surface area contributed by atoms with E-state index in [9.17, 15) is 9.59 Å². The van der Waals surface area contributed by atoms with Gasteiger partial charge in [0.2, 0.25) is 5.91 Å². The van der Waals surface area contributed by atoms with Crippen molar-refractivity contribution in [3.05, 3.63) is 63.6 Å². The molecule has 1 saturated carbocycles. The van der Waals surface area contributed by atoms with E-state index in [0.717, 1.165) is 59.1 Å². The lowest BCUT2D eigenvalue weighted by molar-refractivity contribution is -0.132. The monoisotopic (exact) mass is 548 g/mol. The van der Waals surface area contributed by atoms with Crippen molar-refractivity contribution < 1.29 is 9.59 Å². The topological polar surface area (TPSA) is 58.2 Å². The Morgan fingerprint density at radius 1 is 1.00 bits per heavy atom. The molecule has 2 aromatic rings. The number of anilines is 1. The molecule has 0 bridgehead atoms. The van der Waals surface area contributed by atoms with Crippen molar-refractivity contribution in [3.63, 3.8) is 0 Å². The number of hydrogen-bond acceptors (Lipinski definition) is 2. The fourth-order valence-corrected chi connectivity index (χ4v) is 6.74. The lowest BCUT2D eigenvalue weighted by Gasteiger charge is -2.29. The van der Waals surface area contributed by atoms with Gasteiger partial charge in [-0.15, -0.1) is 8.58 Å². The maximum absolute atomic E-state index is 13.3. The Hall–Kier alpha value is -1.61. The summed E-state index contributed by atoms with van der Waals surface area (Å²) >= 11 is 12.3. The van der Waals surface area contributed by atoms with E-state index < -0.39 is 0 Å².